The number of methoxy groups -OCH3 is 1. The number of amides is 1. The van der Waals surface area contributed by atoms with E-state index in [1.807, 2.05) is 30.5 Å². The zero-order valence-corrected chi connectivity index (χ0v) is 26.8. The van der Waals surface area contributed by atoms with Crippen molar-refractivity contribution in [1.29, 1.82) is 0 Å². The third-order valence-corrected chi connectivity index (χ3v) is 9.06. The van der Waals surface area contributed by atoms with Crippen molar-refractivity contribution in [2.24, 2.45) is 4.99 Å². The lowest BCUT2D eigenvalue weighted by Gasteiger charge is -2.15. The van der Waals surface area contributed by atoms with Gasteiger partial charge in [-0.1, -0.05) is 52.3 Å². The fourth-order valence-electron chi connectivity index (χ4n) is 4.96. The molecule has 46 heavy (non-hydrogen) atoms. The molecule has 0 unspecified atom stereocenters. The van der Waals surface area contributed by atoms with Crippen LogP contribution in [0.15, 0.2) is 105 Å². The fraction of sp³-hybridized carbons (Fsp3) is 0.118. The fourth-order valence-corrected chi connectivity index (χ4v) is 6.42. The van der Waals surface area contributed by atoms with Gasteiger partial charge in [-0.25, -0.2) is 9.38 Å². The minimum Gasteiger partial charge on any atom is -0.493 e. The molecular weight excluding hydrogens is 675 g/mol. The number of non-ortho nitro benzene ring substituents is 1. The summed E-state index contributed by atoms with van der Waals surface area (Å²) in [4.78, 5) is 34.5. The van der Waals surface area contributed by atoms with Crippen molar-refractivity contribution in [2.75, 3.05) is 13.7 Å². The number of nitrogens with zero attached hydrogens (tertiary/aromatic N) is 3. The van der Waals surface area contributed by atoms with Gasteiger partial charge in [0.25, 0.3) is 11.6 Å². The SMILES string of the molecule is COc1cc(/C=C2\SC(=Nc3ccc([N+](=O)[O-])cc3)N(CCc3c[nH]c4ccccc34)C2=O)c(Br)cc1OCc1ccccc1F. The first kappa shape index (κ1) is 31.1. The van der Waals surface area contributed by atoms with Gasteiger partial charge < -0.3 is 14.5 Å². The molecule has 5 aromatic rings. The number of benzene rings is 4. The molecule has 0 spiro atoms. The van der Waals surface area contributed by atoms with Gasteiger partial charge >= 0.3 is 0 Å². The second-order valence-electron chi connectivity index (χ2n) is 10.2. The molecule has 0 saturated carbocycles. The Bertz CT molecular complexity index is 2010. The number of aromatic amines is 1. The Morgan fingerprint density at radius 1 is 1.04 bits per heavy atom. The van der Waals surface area contributed by atoms with Crippen LogP contribution in [-0.4, -0.2) is 39.5 Å². The van der Waals surface area contributed by atoms with E-state index in [0.717, 1.165) is 16.5 Å². The van der Waals surface area contributed by atoms with E-state index in [1.54, 1.807) is 53.4 Å². The van der Waals surface area contributed by atoms with Gasteiger partial charge in [-0.3, -0.25) is 19.8 Å². The molecule has 0 aliphatic carbocycles. The highest BCUT2D eigenvalue weighted by molar-refractivity contribution is 9.10. The molecule has 1 aromatic heterocycles. The molecule has 1 fully saturated rings. The van der Waals surface area contributed by atoms with Gasteiger partial charge in [0.15, 0.2) is 16.7 Å². The second-order valence-corrected chi connectivity index (χ2v) is 12.1. The number of ether oxygens (including phenoxy) is 2. The van der Waals surface area contributed by atoms with Gasteiger partial charge in [-0.15, -0.1) is 0 Å². The van der Waals surface area contributed by atoms with Crippen molar-refractivity contribution in [2.45, 2.75) is 13.0 Å². The number of hydrogen-bond donors (Lipinski definition) is 1. The summed E-state index contributed by atoms with van der Waals surface area (Å²) in [5, 5.41) is 12.7. The van der Waals surface area contributed by atoms with Crippen molar-refractivity contribution < 1.29 is 23.6 Å². The second kappa shape index (κ2) is 13.6. The van der Waals surface area contributed by atoms with Crippen LogP contribution in [0.2, 0.25) is 0 Å². The first-order valence-electron chi connectivity index (χ1n) is 14.1. The molecule has 1 aliphatic rings. The van der Waals surface area contributed by atoms with Gasteiger partial charge in [0.05, 0.1) is 22.6 Å². The molecule has 1 N–H and O–H groups in total. The molecule has 6 rings (SSSR count). The standard InChI is InChI=1S/C34H26BrFN4O5S/c1-44-30-16-23(27(35)18-31(30)45-20-22-6-2-4-8-28(22)36)17-32-33(41)39(15-14-21-19-37-29-9-5-3-7-26(21)29)34(46-32)38-24-10-12-25(13-11-24)40(42)43/h2-13,16-19,37H,14-15,20H2,1H3/b32-17-,38-34?. The van der Waals surface area contributed by atoms with Crippen LogP contribution in [0.4, 0.5) is 15.8 Å². The lowest BCUT2D eigenvalue weighted by Crippen LogP contribution is -2.31. The number of para-hydroxylation sites is 1. The van der Waals surface area contributed by atoms with Crippen molar-refractivity contribution in [3.05, 3.63) is 133 Å². The predicted molar refractivity (Wildman–Crippen MR) is 181 cm³/mol. The van der Waals surface area contributed by atoms with Gasteiger partial charge in [0, 0.05) is 45.8 Å². The zero-order chi connectivity index (χ0) is 32.2. The van der Waals surface area contributed by atoms with E-state index in [4.69, 9.17) is 14.5 Å². The Morgan fingerprint density at radius 3 is 2.57 bits per heavy atom. The Kier molecular flexibility index (Phi) is 9.18. The summed E-state index contributed by atoms with van der Waals surface area (Å²) in [5.74, 6) is 0.235. The molecule has 1 amide bonds. The van der Waals surface area contributed by atoms with Crippen molar-refractivity contribution in [1.82, 2.24) is 9.88 Å². The quantitative estimate of drug-likeness (QED) is 0.0890. The topological polar surface area (TPSA) is 110 Å². The van der Waals surface area contributed by atoms with E-state index in [1.165, 1.54) is 37.1 Å². The van der Waals surface area contributed by atoms with E-state index < -0.39 is 4.92 Å². The maximum absolute atomic E-state index is 14.1. The summed E-state index contributed by atoms with van der Waals surface area (Å²) in [6, 6.07) is 23.7. The van der Waals surface area contributed by atoms with Crippen LogP contribution in [0.3, 0.4) is 0 Å². The largest absolute Gasteiger partial charge is 0.493 e. The number of fused-ring (bicyclic) bond motifs is 1. The lowest BCUT2D eigenvalue weighted by atomic mass is 10.1. The number of carbonyl (C=O) groups excluding carboxylic acids is 1. The number of carbonyl (C=O) groups is 1. The number of nitro benzene ring substituents is 1. The molecule has 2 heterocycles. The summed E-state index contributed by atoms with van der Waals surface area (Å²) in [6.45, 7) is 0.377. The van der Waals surface area contributed by atoms with Crippen molar-refractivity contribution in [3.8, 4) is 11.5 Å². The summed E-state index contributed by atoms with van der Waals surface area (Å²) in [6.07, 6.45) is 4.27. The van der Waals surface area contributed by atoms with Crippen LogP contribution >= 0.6 is 27.7 Å². The monoisotopic (exact) mass is 700 g/mol. The zero-order valence-electron chi connectivity index (χ0n) is 24.4. The smallest absolute Gasteiger partial charge is 0.269 e. The number of aliphatic imine (C=N–C) groups is 1. The predicted octanol–water partition coefficient (Wildman–Crippen LogP) is 8.41. The summed E-state index contributed by atoms with van der Waals surface area (Å²) in [7, 11) is 1.51. The Labute approximate surface area is 276 Å². The van der Waals surface area contributed by atoms with E-state index in [-0.39, 0.29) is 24.0 Å². The molecule has 4 aromatic carbocycles. The molecule has 0 atom stereocenters. The average molecular weight is 702 g/mol. The van der Waals surface area contributed by atoms with Gasteiger partial charge in [0.2, 0.25) is 0 Å². The Balaban J connectivity index is 1.29. The molecule has 0 bridgehead atoms. The Morgan fingerprint density at radius 2 is 1.80 bits per heavy atom. The van der Waals surface area contributed by atoms with Gasteiger partial charge in [-0.05, 0) is 71.8 Å². The normalized spacial score (nSPS) is 14.8. The van der Waals surface area contributed by atoms with E-state index in [2.05, 4.69) is 20.9 Å². The van der Waals surface area contributed by atoms with E-state index in [0.29, 0.717) is 55.8 Å². The lowest BCUT2D eigenvalue weighted by molar-refractivity contribution is -0.384. The number of halogens is 2. The molecule has 9 nitrogen and oxygen atoms in total. The van der Waals surface area contributed by atoms with E-state index in [9.17, 15) is 19.3 Å². The number of nitro groups is 1. The highest BCUT2D eigenvalue weighted by Crippen LogP contribution is 2.39. The molecular formula is C34H26BrFN4O5S. The minimum atomic E-state index is -0.471. The number of rotatable bonds is 10. The molecule has 0 radical (unpaired) electrons. The third-order valence-electron chi connectivity index (χ3n) is 7.36. The van der Waals surface area contributed by atoms with Crippen LogP contribution in [0, 0.1) is 15.9 Å². The first-order valence-corrected chi connectivity index (χ1v) is 15.7. The van der Waals surface area contributed by atoms with Crippen molar-refractivity contribution in [3.63, 3.8) is 0 Å². The van der Waals surface area contributed by atoms with Gasteiger partial charge in [0.1, 0.15) is 12.4 Å². The molecule has 1 aliphatic heterocycles. The van der Waals surface area contributed by atoms with Crippen LogP contribution in [0.1, 0.15) is 16.7 Å². The summed E-state index contributed by atoms with van der Waals surface area (Å²) < 4.78 is 26.2. The summed E-state index contributed by atoms with van der Waals surface area (Å²) >= 11 is 4.80. The molecule has 232 valence electrons. The highest BCUT2D eigenvalue weighted by Gasteiger charge is 2.33. The number of aromatic nitrogens is 1. The molecule has 12 heteroatoms. The number of hydrogen-bond acceptors (Lipinski definition) is 7. The van der Waals surface area contributed by atoms with Crippen molar-refractivity contribution >= 4 is 67.1 Å². The van der Waals surface area contributed by atoms with E-state index >= 15 is 0 Å². The maximum Gasteiger partial charge on any atom is 0.269 e. The number of thioether (sulfide) groups is 1. The first-order chi connectivity index (χ1) is 22.3. The van der Waals surface area contributed by atoms with Gasteiger partial charge in [-0.2, -0.15) is 0 Å². The summed E-state index contributed by atoms with van der Waals surface area (Å²) in [5.41, 5.74) is 3.60. The molecule has 1 saturated heterocycles. The average Bonchev–Trinajstić information content (AvgIpc) is 3.60. The number of H-pyrrole nitrogens is 1. The van der Waals surface area contributed by atoms with Crippen LogP contribution < -0.4 is 9.47 Å². The third kappa shape index (κ3) is 6.68. The minimum absolute atomic E-state index is 0.0120. The number of nitrogens with one attached hydrogen (secondary N) is 1. The maximum atomic E-state index is 14.1. The highest BCUT2D eigenvalue weighted by atomic mass is 79.9. The number of amidine groups is 1. The van der Waals surface area contributed by atoms with Crippen LogP contribution in [-0.2, 0) is 17.8 Å². The van der Waals surface area contributed by atoms with Crippen LogP contribution in [0.25, 0.3) is 17.0 Å². The Hall–Kier alpha value is -4.94. The van der Waals surface area contributed by atoms with Crippen LogP contribution in [0.5, 0.6) is 11.5 Å².